The van der Waals surface area contributed by atoms with Crippen LogP contribution in [0.4, 0.5) is 5.69 Å². The van der Waals surface area contributed by atoms with Gasteiger partial charge >= 0.3 is 5.97 Å². The number of hydrogen-bond donors (Lipinski definition) is 2. The van der Waals surface area contributed by atoms with Crippen LogP contribution < -0.4 is 5.43 Å². The van der Waals surface area contributed by atoms with Gasteiger partial charge in [-0.2, -0.15) is 5.10 Å². The van der Waals surface area contributed by atoms with Gasteiger partial charge in [0.1, 0.15) is 0 Å². The molecule has 0 amide bonds. The number of hydrazone groups is 1. The van der Waals surface area contributed by atoms with E-state index in [9.17, 15) is 4.79 Å². The average Bonchev–Trinajstić information content (AvgIpc) is 2.41. The van der Waals surface area contributed by atoms with Crippen LogP contribution in [-0.4, -0.2) is 17.3 Å². The van der Waals surface area contributed by atoms with Crippen molar-refractivity contribution in [1.29, 1.82) is 0 Å². The van der Waals surface area contributed by atoms with Crippen molar-refractivity contribution in [3.05, 3.63) is 64.7 Å². The van der Waals surface area contributed by atoms with Crippen molar-refractivity contribution >= 4 is 29.5 Å². The van der Waals surface area contributed by atoms with E-state index in [-0.39, 0.29) is 5.56 Å². The zero-order valence-electron chi connectivity index (χ0n) is 9.88. The predicted molar refractivity (Wildman–Crippen MR) is 76.1 cm³/mol. The van der Waals surface area contributed by atoms with Crippen molar-refractivity contribution < 1.29 is 9.90 Å². The third kappa shape index (κ3) is 3.82. The minimum Gasteiger partial charge on any atom is -0.478 e. The van der Waals surface area contributed by atoms with E-state index in [1.807, 2.05) is 12.1 Å². The molecule has 0 saturated carbocycles. The number of hydrogen-bond acceptors (Lipinski definition) is 3. The smallest absolute Gasteiger partial charge is 0.335 e. The first-order valence-corrected chi connectivity index (χ1v) is 5.91. The fourth-order valence-corrected chi connectivity index (χ4v) is 1.58. The van der Waals surface area contributed by atoms with Crippen LogP contribution in [0.1, 0.15) is 15.9 Å². The molecule has 5 heteroatoms. The highest BCUT2D eigenvalue weighted by atomic mass is 35.5. The number of benzene rings is 2. The first-order chi connectivity index (χ1) is 9.15. The van der Waals surface area contributed by atoms with Gasteiger partial charge in [-0.05, 0) is 35.9 Å². The second-order valence-corrected chi connectivity index (χ2v) is 4.24. The topological polar surface area (TPSA) is 61.7 Å². The van der Waals surface area contributed by atoms with Gasteiger partial charge in [-0.1, -0.05) is 29.8 Å². The molecule has 0 radical (unpaired) electrons. The fourth-order valence-electron chi connectivity index (χ4n) is 1.45. The van der Waals surface area contributed by atoms with Crippen LogP contribution >= 0.6 is 11.6 Å². The van der Waals surface area contributed by atoms with Crippen LogP contribution in [0.2, 0.25) is 5.02 Å². The molecule has 0 bridgehead atoms. The van der Waals surface area contributed by atoms with Gasteiger partial charge in [0.15, 0.2) is 0 Å². The highest BCUT2D eigenvalue weighted by molar-refractivity contribution is 6.30. The molecule has 2 aromatic carbocycles. The number of carbonyl (C=O) groups is 1. The summed E-state index contributed by atoms with van der Waals surface area (Å²) < 4.78 is 0. The van der Waals surface area contributed by atoms with Gasteiger partial charge in [0.05, 0.1) is 17.5 Å². The van der Waals surface area contributed by atoms with E-state index in [1.165, 1.54) is 12.1 Å². The molecule has 2 rings (SSSR count). The first-order valence-electron chi connectivity index (χ1n) is 5.53. The minimum absolute atomic E-state index is 0.215. The van der Waals surface area contributed by atoms with Crippen LogP contribution in [0.5, 0.6) is 0 Å². The quantitative estimate of drug-likeness (QED) is 0.663. The molecular weight excluding hydrogens is 264 g/mol. The summed E-state index contributed by atoms with van der Waals surface area (Å²) in [5.74, 6) is -0.967. The first kappa shape index (κ1) is 13.1. The van der Waals surface area contributed by atoms with E-state index in [0.29, 0.717) is 10.7 Å². The Kier molecular flexibility index (Phi) is 4.15. The van der Waals surface area contributed by atoms with Gasteiger partial charge in [0.2, 0.25) is 0 Å². The standard InChI is InChI=1S/C14H11ClN2O2/c15-12-6-4-10(5-7-12)9-16-17-13-3-1-2-11(8-13)14(18)19/h1-9,17H,(H,18,19)/b16-9-. The molecule has 2 aromatic rings. The lowest BCUT2D eigenvalue weighted by Gasteiger charge is -2.01. The largest absolute Gasteiger partial charge is 0.478 e. The number of aromatic carboxylic acids is 1. The Hall–Kier alpha value is -2.33. The van der Waals surface area contributed by atoms with Crippen LogP contribution in [0, 0.1) is 0 Å². The van der Waals surface area contributed by atoms with Crippen molar-refractivity contribution in [3.63, 3.8) is 0 Å². The number of halogens is 1. The Bertz CT molecular complexity index is 609. The highest BCUT2D eigenvalue weighted by Gasteiger charge is 2.01. The summed E-state index contributed by atoms with van der Waals surface area (Å²) in [6.07, 6.45) is 1.63. The number of carboxylic acid groups (broad SMARTS) is 1. The monoisotopic (exact) mass is 274 g/mol. The molecule has 0 aromatic heterocycles. The van der Waals surface area contributed by atoms with Gasteiger partial charge in [-0.25, -0.2) is 4.79 Å². The van der Waals surface area contributed by atoms with Crippen LogP contribution in [-0.2, 0) is 0 Å². The van der Waals surface area contributed by atoms with Gasteiger partial charge in [0, 0.05) is 5.02 Å². The molecule has 0 atom stereocenters. The molecule has 19 heavy (non-hydrogen) atoms. The Balaban J connectivity index is 2.04. The summed E-state index contributed by atoms with van der Waals surface area (Å²) >= 11 is 5.77. The van der Waals surface area contributed by atoms with Crippen molar-refractivity contribution in [2.75, 3.05) is 5.43 Å². The summed E-state index contributed by atoms with van der Waals surface area (Å²) in [6.45, 7) is 0. The number of nitrogens with one attached hydrogen (secondary N) is 1. The van der Waals surface area contributed by atoms with E-state index < -0.39 is 5.97 Å². The summed E-state index contributed by atoms with van der Waals surface area (Å²) in [5.41, 5.74) is 4.50. The Morgan fingerprint density at radius 2 is 1.95 bits per heavy atom. The highest BCUT2D eigenvalue weighted by Crippen LogP contribution is 2.11. The molecule has 0 aliphatic heterocycles. The maximum atomic E-state index is 10.8. The molecular formula is C14H11ClN2O2. The fraction of sp³-hybridized carbons (Fsp3) is 0. The van der Waals surface area contributed by atoms with Crippen LogP contribution in [0.15, 0.2) is 53.6 Å². The second-order valence-electron chi connectivity index (χ2n) is 3.81. The van der Waals surface area contributed by atoms with E-state index in [1.54, 1.807) is 30.5 Å². The van der Waals surface area contributed by atoms with Crippen molar-refractivity contribution in [3.8, 4) is 0 Å². The van der Waals surface area contributed by atoms with Crippen molar-refractivity contribution in [2.45, 2.75) is 0 Å². The molecule has 0 spiro atoms. The Morgan fingerprint density at radius 3 is 2.63 bits per heavy atom. The van der Waals surface area contributed by atoms with E-state index in [0.717, 1.165) is 5.56 Å². The summed E-state index contributed by atoms with van der Waals surface area (Å²) in [5, 5.41) is 13.6. The molecule has 0 heterocycles. The zero-order chi connectivity index (χ0) is 13.7. The van der Waals surface area contributed by atoms with E-state index in [2.05, 4.69) is 10.5 Å². The molecule has 0 fully saturated rings. The third-order valence-electron chi connectivity index (χ3n) is 2.39. The normalized spacial score (nSPS) is 10.6. The molecule has 0 saturated heterocycles. The maximum absolute atomic E-state index is 10.8. The number of carboxylic acids is 1. The lowest BCUT2D eigenvalue weighted by molar-refractivity contribution is 0.0697. The zero-order valence-corrected chi connectivity index (χ0v) is 10.6. The average molecular weight is 275 g/mol. The summed E-state index contributed by atoms with van der Waals surface area (Å²) in [6, 6.07) is 13.7. The molecule has 0 aliphatic carbocycles. The SMILES string of the molecule is O=C(O)c1cccc(N/N=C\c2ccc(Cl)cc2)c1. The number of rotatable bonds is 4. The van der Waals surface area contributed by atoms with Gasteiger partial charge < -0.3 is 5.11 Å². The third-order valence-corrected chi connectivity index (χ3v) is 2.64. The molecule has 96 valence electrons. The van der Waals surface area contributed by atoms with Crippen molar-refractivity contribution in [1.82, 2.24) is 0 Å². The maximum Gasteiger partial charge on any atom is 0.335 e. The minimum atomic E-state index is -0.967. The van der Waals surface area contributed by atoms with Gasteiger partial charge in [0.25, 0.3) is 0 Å². The number of nitrogens with zero attached hydrogens (tertiary/aromatic N) is 1. The molecule has 0 aliphatic rings. The van der Waals surface area contributed by atoms with Crippen molar-refractivity contribution in [2.24, 2.45) is 5.10 Å². The molecule has 2 N–H and O–H groups in total. The molecule has 0 unspecified atom stereocenters. The Labute approximate surface area is 115 Å². The van der Waals surface area contributed by atoms with Gasteiger partial charge in [-0.3, -0.25) is 5.43 Å². The second kappa shape index (κ2) is 6.02. The summed E-state index contributed by atoms with van der Waals surface area (Å²) in [4.78, 5) is 10.8. The van der Waals surface area contributed by atoms with E-state index in [4.69, 9.17) is 16.7 Å². The lowest BCUT2D eigenvalue weighted by atomic mass is 10.2. The van der Waals surface area contributed by atoms with Crippen LogP contribution in [0.3, 0.4) is 0 Å². The number of anilines is 1. The lowest BCUT2D eigenvalue weighted by Crippen LogP contribution is -1.97. The predicted octanol–water partition coefficient (Wildman–Crippen LogP) is 3.48. The van der Waals surface area contributed by atoms with Gasteiger partial charge in [-0.15, -0.1) is 0 Å². The Morgan fingerprint density at radius 1 is 1.21 bits per heavy atom. The van der Waals surface area contributed by atoms with E-state index >= 15 is 0 Å². The van der Waals surface area contributed by atoms with Crippen LogP contribution in [0.25, 0.3) is 0 Å². The summed E-state index contributed by atoms with van der Waals surface area (Å²) in [7, 11) is 0. The molecule has 4 nitrogen and oxygen atoms in total.